The van der Waals surface area contributed by atoms with Crippen molar-refractivity contribution >= 4 is 23.2 Å². The van der Waals surface area contributed by atoms with Crippen LogP contribution in [0, 0.1) is 19.8 Å². The van der Waals surface area contributed by atoms with Crippen molar-refractivity contribution in [3.05, 3.63) is 21.4 Å². The number of hydrogen-bond donors (Lipinski definition) is 2. The number of rotatable bonds is 8. The molecule has 1 aliphatic rings. The van der Waals surface area contributed by atoms with Crippen LogP contribution in [0.25, 0.3) is 0 Å². The van der Waals surface area contributed by atoms with Crippen LogP contribution in [0.2, 0.25) is 0 Å². The molecule has 152 valence electrons. The monoisotopic (exact) mass is 394 g/mol. The molecule has 6 heteroatoms. The number of hydrogen-bond acceptors (Lipinski definition) is 4. The van der Waals surface area contributed by atoms with E-state index in [0.29, 0.717) is 31.5 Å². The summed E-state index contributed by atoms with van der Waals surface area (Å²) >= 11 is 1.57. The van der Waals surface area contributed by atoms with Gasteiger partial charge in [-0.2, -0.15) is 0 Å². The second-order valence-electron chi connectivity index (χ2n) is 7.84. The van der Waals surface area contributed by atoms with Gasteiger partial charge in [-0.3, -0.25) is 9.59 Å². The van der Waals surface area contributed by atoms with E-state index in [1.54, 1.807) is 11.3 Å². The van der Waals surface area contributed by atoms with Gasteiger partial charge in [-0.05, 0) is 45.1 Å². The number of likely N-dealkylation sites (tertiary alicyclic amines) is 1. The Labute approximate surface area is 167 Å². The lowest BCUT2D eigenvalue weighted by Crippen LogP contribution is -2.53. The van der Waals surface area contributed by atoms with Gasteiger partial charge in [0, 0.05) is 35.8 Å². The van der Waals surface area contributed by atoms with Gasteiger partial charge in [-0.25, -0.2) is 0 Å². The lowest BCUT2D eigenvalue weighted by Gasteiger charge is -2.39. The predicted octanol–water partition coefficient (Wildman–Crippen LogP) is 3.66. The Kier molecular flexibility index (Phi) is 7.86. The van der Waals surface area contributed by atoms with E-state index in [1.165, 1.54) is 0 Å². The molecule has 2 amide bonds. The largest absolute Gasteiger partial charge is 0.388 e. The van der Waals surface area contributed by atoms with Crippen LogP contribution in [0.4, 0.5) is 0 Å². The second-order valence-corrected chi connectivity index (χ2v) is 8.92. The Morgan fingerprint density at radius 3 is 2.30 bits per heavy atom. The fraction of sp³-hybridized carbons (Fsp3) is 0.714. The summed E-state index contributed by atoms with van der Waals surface area (Å²) in [7, 11) is 0. The Morgan fingerprint density at radius 2 is 1.81 bits per heavy atom. The van der Waals surface area contributed by atoms with Crippen molar-refractivity contribution in [2.24, 2.45) is 5.92 Å². The van der Waals surface area contributed by atoms with Gasteiger partial charge in [-0.15, -0.1) is 11.3 Å². The third kappa shape index (κ3) is 5.55. The number of carbonyl (C=O) groups excluding carboxylic acids is 2. The van der Waals surface area contributed by atoms with Crippen molar-refractivity contribution in [3.8, 4) is 0 Å². The molecular formula is C21H34N2O3S. The SMILES string of the molecule is CCCC(CCC)C(=O)N1CCC(O)(CNC(=O)c2csc(C)c2C)CC1. The maximum Gasteiger partial charge on any atom is 0.252 e. The number of amides is 2. The Balaban J connectivity index is 1.86. The number of aryl methyl sites for hydroxylation is 1. The minimum atomic E-state index is -0.934. The van der Waals surface area contributed by atoms with E-state index in [0.717, 1.165) is 36.1 Å². The summed E-state index contributed by atoms with van der Waals surface area (Å²) in [5.74, 6) is 0.208. The fourth-order valence-electron chi connectivity index (χ4n) is 3.74. The van der Waals surface area contributed by atoms with Gasteiger partial charge in [-0.1, -0.05) is 26.7 Å². The van der Waals surface area contributed by atoms with Crippen LogP contribution in [-0.4, -0.2) is 47.1 Å². The van der Waals surface area contributed by atoms with Crippen LogP contribution in [0.1, 0.15) is 73.2 Å². The van der Waals surface area contributed by atoms with Gasteiger partial charge >= 0.3 is 0 Å². The topological polar surface area (TPSA) is 69.6 Å². The van der Waals surface area contributed by atoms with Crippen molar-refractivity contribution in [2.75, 3.05) is 19.6 Å². The maximum atomic E-state index is 12.8. The van der Waals surface area contributed by atoms with Gasteiger partial charge in [0.2, 0.25) is 5.91 Å². The minimum absolute atomic E-state index is 0.107. The van der Waals surface area contributed by atoms with Crippen LogP contribution in [0.5, 0.6) is 0 Å². The van der Waals surface area contributed by atoms with E-state index in [-0.39, 0.29) is 24.3 Å². The molecule has 0 radical (unpaired) electrons. The van der Waals surface area contributed by atoms with Crippen LogP contribution < -0.4 is 5.32 Å². The number of carbonyl (C=O) groups is 2. The number of aliphatic hydroxyl groups is 1. The van der Waals surface area contributed by atoms with Crippen molar-refractivity contribution in [3.63, 3.8) is 0 Å². The van der Waals surface area contributed by atoms with Crippen LogP contribution in [0.15, 0.2) is 5.38 Å². The molecule has 0 bridgehead atoms. The fourth-order valence-corrected chi connectivity index (χ4v) is 4.61. The minimum Gasteiger partial charge on any atom is -0.388 e. The van der Waals surface area contributed by atoms with E-state index >= 15 is 0 Å². The van der Waals surface area contributed by atoms with Gasteiger partial charge in [0.15, 0.2) is 0 Å². The second kappa shape index (κ2) is 9.69. The first kappa shape index (κ1) is 21.9. The predicted molar refractivity (Wildman–Crippen MR) is 110 cm³/mol. The number of nitrogens with zero attached hydrogens (tertiary/aromatic N) is 1. The van der Waals surface area contributed by atoms with E-state index in [1.807, 2.05) is 24.1 Å². The lowest BCUT2D eigenvalue weighted by molar-refractivity contribution is -0.140. The summed E-state index contributed by atoms with van der Waals surface area (Å²) < 4.78 is 0. The zero-order valence-corrected chi connectivity index (χ0v) is 18.0. The van der Waals surface area contributed by atoms with Crippen molar-refractivity contribution in [1.29, 1.82) is 0 Å². The van der Waals surface area contributed by atoms with E-state index < -0.39 is 5.60 Å². The van der Waals surface area contributed by atoms with E-state index in [9.17, 15) is 14.7 Å². The van der Waals surface area contributed by atoms with Crippen LogP contribution >= 0.6 is 11.3 Å². The smallest absolute Gasteiger partial charge is 0.252 e. The molecule has 0 aromatic carbocycles. The molecule has 27 heavy (non-hydrogen) atoms. The number of thiophene rings is 1. The molecule has 2 N–H and O–H groups in total. The summed E-state index contributed by atoms with van der Waals surface area (Å²) in [6, 6.07) is 0. The van der Waals surface area contributed by atoms with Gasteiger partial charge in [0.05, 0.1) is 11.2 Å². The maximum absolute atomic E-state index is 12.8. The van der Waals surface area contributed by atoms with Crippen molar-refractivity contribution < 1.29 is 14.7 Å². The highest BCUT2D eigenvalue weighted by Crippen LogP contribution is 2.26. The molecule has 1 saturated heterocycles. The summed E-state index contributed by atoms with van der Waals surface area (Å²) in [5.41, 5.74) is 0.759. The molecule has 1 aromatic rings. The molecular weight excluding hydrogens is 360 g/mol. The molecule has 0 spiro atoms. The molecule has 1 aromatic heterocycles. The van der Waals surface area contributed by atoms with Gasteiger partial charge < -0.3 is 15.3 Å². The molecule has 0 unspecified atom stereocenters. The first-order valence-corrected chi connectivity index (χ1v) is 11.0. The summed E-state index contributed by atoms with van der Waals surface area (Å²) in [6.45, 7) is 9.53. The number of piperidine rings is 1. The van der Waals surface area contributed by atoms with Crippen LogP contribution in [-0.2, 0) is 4.79 Å². The molecule has 5 nitrogen and oxygen atoms in total. The Bertz CT molecular complexity index is 642. The summed E-state index contributed by atoms with van der Waals surface area (Å²) in [5, 5.41) is 15.6. The number of nitrogens with one attached hydrogen (secondary N) is 1. The molecule has 2 rings (SSSR count). The van der Waals surface area contributed by atoms with Crippen molar-refractivity contribution in [1.82, 2.24) is 10.2 Å². The normalized spacial score (nSPS) is 16.6. The first-order chi connectivity index (χ1) is 12.8. The lowest BCUT2D eigenvalue weighted by atomic mass is 9.89. The highest BCUT2D eigenvalue weighted by molar-refractivity contribution is 7.10. The van der Waals surface area contributed by atoms with E-state index in [4.69, 9.17) is 0 Å². The zero-order valence-electron chi connectivity index (χ0n) is 17.1. The molecule has 0 atom stereocenters. The highest BCUT2D eigenvalue weighted by Gasteiger charge is 2.35. The third-order valence-electron chi connectivity index (χ3n) is 5.74. The molecule has 2 heterocycles. The molecule has 1 aliphatic heterocycles. The first-order valence-electron chi connectivity index (χ1n) is 10.2. The standard InChI is InChI=1S/C21H34N2O3S/c1-5-7-17(8-6-2)20(25)23-11-9-21(26,10-12-23)14-22-19(24)18-13-27-16(4)15(18)3/h13,17,26H,5-12,14H2,1-4H3,(H,22,24). The summed E-state index contributed by atoms with van der Waals surface area (Å²) in [4.78, 5) is 28.2. The zero-order chi connectivity index (χ0) is 20.0. The van der Waals surface area contributed by atoms with Crippen molar-refractivity contribution in [2.45, 2.75) is 71.8 Å². The van der Waals surface area contributed by atoms with Gasteiger partial charge in [0.25, 0.3) is 5.91 Å². The Morgan fingerprint density at radius 1 is 1.22 bits per heavy atom. The average Bonchev–Trinajstić information content (AvgIpc) is 2.99. The molecule has 1 fully saturated rings. The average molecular weight is 395 g/mol. The highest BCUT2D eigenvalue weighted by atomic mass is 32.1. The van der Waals surface area contributed by atoms with E-state index in [2.05, 4.69) is 19.2 Å². The van der Waals surface area contributed by atoms with Crippen LogP contribution in [0.3, 0.4) is 0 Å². The Hall–Kier alpha value is -1.40. The molecule has 0 aliphatic carbocycles. The van der Waals surface area contributed by atoms with Gasteiger partial charge in [0.1, 0.15) is 0 Å². The third-order valence-corrected chi connectivity index (χ3v) is 6.75. The molecule has 0 saturated carbocycles. The quantitative estimate of drug-likeness (QED) is 0.707. The summed E-state index contributed by atoms with van der Waals surface area (Å²) in [6.07, 6.45) is 4.91.